The Morgan fingerprint density at radius 2 is 2.00 bits per heavy atom. The standard InChI is InChI=1S/C18H29N3O2/c1-14(2)11-21(15-6-9-23-10-7-15)16-12-20(13-16)18(22)17-5-4-8-19(17)3/h4-5,8,14-16H,6-7,9-13H2,1-3H3. The van der Waals surface area contributed by atoms with E-state index < -0.39 is 0 Å². The summed E-state index contributed by atoms with van der Waals surface area (Å²) >= 11 is 0. The molecule has 0 bridgehead atoms. The van der Waals surface area contributed by atoms with Crippen molar-refractivity contribution in [3.05, 3.63) is 24.0 Å². The molecule has 5 nitrogen and oxygen atoms in total. The summed E-state index contributed by atoms with van der Waals surface area (Å²) in [7, 11) is 1.93. The Kier molecular flexibility index (Phi) is 5.07. The van der Waals surface area contributed by atoms with Crippen LogP contribution >= 0.6 is 0 Å². The van der Waals surface area contributed by atoms with Crippen LogP contribution in [0.3, 0.4) is 0 Å². The van der Waals surface area contributed by atoms with Gasteiger partial charge in [0, 0.05) is 58.2 Å². The van der Waals surface area contributed by atoms with Crippen LogP contribution in [0.1, 0.15) is 37.2 Å². The molecule has 0 N–H and O–H groups in total. The van der Waals surface area contributed by atoms with Crippen molar-refractivity contribution >= 4 is 5.91 Å². The lowest BCUT2D eigenvalue weighted by Gasteiger charge is -2.49. The van der Waals surface area contributed by atoms with E-state index in [1.165, 1.54) is 0 Å². The van der Waals surface area contributed by atoms with Crippen LogP contribution in [0.15, 0.2) is 18.3 Å². The molecule has 0 radical (unpaired) electrons. The molecular weight excluding hydrogens is 290 g/mol. The van der Waals surface area contributed by atoms with Gasteiger partial charge in [-0.15, -0.1) is 0 Å². The first kappa shape index (κ1) is 16.5. The van der Waals surface area contributed by atoms with Crippen molar-refractivity contribution in [3.63, 3.8) is 0 Å². The number of nitrogens with zero attached hydrogens (tertiary/aromatic N) is 3. The minimum absolute atomic E-state index is 0.158. The lowest BCUT2D eigenvalue weighted by molar-refractivity contribution is -0.0296. The number of carbonyl (C=O) groups excluding carboxylic acids is 1. The predicted molar refractivity (Wildman–Crippen MR) is 90.5 cm³/mol. The molecule has 23 heavy (non-hydrogen) atoms. The number of likely N-dealkylation sites (tertiary alicyclic amines) is 1. The van der Waals surface area contributed by atoms with Gasteiger partial charge in [-0.3, -0.25) is 9.69 Å². The quantitative estimate of drug-likeness (QED) is 0.833. The minimum Gasteiger partial charge on any atom is -0.381 e. The lowest BCUT2D eigenvalue weighted by atomic mass is 9.98. The van der Waals surface area contributed by atoms with Crippen LogP contribution in [0.2, 0.25) is 0 Å². The van der Waals surface area contributed by atoms with E-state index in [0.29, 0.717) is 18.0 Å². The molecule has 3 rings (SSSR count). The van der Waals surface area contributed by atoms with Gasteiger partial charge in [0.1, 0.15) is 5.69 Å². The van der Waals surface area contributed by atoms with Crippen LogP contribution in [0.5, 0.6) is 0 Å². The second-order valence-corrected chi connectivity index (χ2v) is 7.30. The summed E-state index contributed by atoms with van der Waals surface area (Å²) in [6, 6.07) is 4.95. The molecular formula is C18H29N3O2. The van der Waals surface area contributed by atoms with Gasteiger partial charge in [-0.05, 0) is 30.9 Å². The molecule has 0 atom stereocenters. The maximum Gasteiger partial charge on any atom is 0.270 e. The van der Waals surface area contributed by atoms with Crippen LogP contribution in [0.25, 0.3) is 0 Å². The summed E-state index contributed by atoms with van der Waals surface area (Å²) in [5.41, 5.74) is 0.782. The highest BCUT2D eigenvalue weighted by molar-refractivity contribution is 5.93. The zero-order chi connectivity index (χ0) is 16.4. The number of hydrogen-bond donors (Lipinski definition) is 0. The van der Waals surface area contributed by atoms with E-state index in [9.17, 15) is 4.79 Å². The minimum atomic E-state index is 0.158. The van der Waals surface area contributed by atoms with Crippen molar-refractivity contribution in [2.45, 2.75) is 38.8 Å². The van der Waals surface area contributed by atoms with E-state index in [0.717, 1.165) is 51.4 Å². The molecule has 2 aliphatic rings. The second-order valence-electron chi connectivity index (χ2n) is 7.30. The van der Waals surface area contributed by atoms with Crippen molar-refractivity contribution < 1.29 is 9.53 Å². The largest absolute Gasteiger partial charge is 0.381 e. The van der Waals surface area contributed by atoms with E-state index in [1.807, 2.05) is 34.8 Å². The molecule has 0 aliphatic carbocycles. The van der Waals surface area contributed by atoms with Gasteiger partial charge >= 0.3 is 0 Å². The smallest absolute Gasteiger partial charge is 0.270 e. The van der Waals surface area contributed by atoms with Gasteiger partial charge in [0.2, 0.25) is 0 Å². The summed E-state index contributed by atoms with van der Waals surface area (Å²) in [6.45, 7) is 9.12. The molecule has 1 amide bonds. The van der Waals surface area contributed by atoms with Crippen LogP contribution in [0.4, 0.5) is 0 Å². The summed E-state index contributed by atoms with van der Waals surface area (Å²) in [5, 5.41) is 0. The highest BCUT2D eigenvalue weighted by atomic mass is 16.5. The summed E-state index contributed by atoms with van der Waals surface area (Å²) in [4.78, 5) is 17.2. The van der Waals surface area contributed by atoms with Gasteiger partial charge in [-0.2, -0.15) is 0 Å². The van der Waals surface area contributed by atoms with Crippen molar-refractivity contribution in [1.29, 1.82) is 0 Å². The van der Waals surface area contributed by atoms with Crippen molar-refractivity contribution in [3.8, 4) is 0 Å². The maximum absolute atomic E-state index is 12.5. The number of rotatable bonds is 5. The summed E-state index contributed by atoms with van der Waals surface area (Å²) < 4.78 is 7.42. The monoisotopic (exact) mass is 319 g/mol. The fourth-order valence-electron chi connectivity index (χ4n) is 3.71. The first-order valence-corrected chi connectivity index (χ1v) is 8.80. The molecule has 1 aromatic heterocycles. The Labute approximate surface area is 139 Å². The van der Waals surface area contributed by atoms with Crippen LogP contribution < -0.4 is 0 Å². The first-order chi connectivity index (χ1) is 11.1. The van der Waals surface area contributed by atoms with Crippen molar-refractivity contribution in [2.24, 2.45) is 13.0 Å². The van der Waals surface area contributed by atoms with E-state index in [4.69, 9.17) is 4.74 Å². The molecule has 2 fully saturated rings. The molecule has 2 aliphatic heterocycles. The molecule has 0 unspecified atom stereocenters. The fourth-order valence-corrected chi connectivity index (χ4v) is 3.71. The number of hydrogen-bond acceptors (Lipinski definition) is 3. The Morgan fingerprint density at radius 1 is 1.30 bits per heavy atom. The van der Waals surface area contributed by atoms with Gasteiger partial charge < -0.3 is 14.2 Å². The summed E-state index contributed by atoms with van der Waals surface area (Å²) in [5.74, 6) is 0.806. The fraction of sp³-hybridized carbons (Fsp3) is 0.722. The SMILES string of the molecule is CC(C)CN(C1CCOCC1)C1CN(C(=O)c2cccn2C)C1. The molecule has 2 saturated heterocycles. The average Bonchev–Trinajstić information content (AvgIpc) is 2.91. The number of aryl methyl sites for hydroxylation is 1. The highest BCUT2D eigenvalue weighted by Gasteiger charge is 2.38. The van der Waals surface area contributed by atoms with Gasteiger partial charge in [-0.25, -0.2) is 0 Å². The molecule has 0 saturated carbocycles. The number of carbonyl (C=O) groups is 1. The van der Waals surface area contributed by atoms with Gasteiger partial charge in [0.05, 0.1) is 0 Å². The Bertz CT molecular complexity index is 528. The molecule has 128 valence electrons. The predicted octanol–water partition coefficient (Wildman–Crippen LogP) is 1.99. The van der Waals surface area contributed by atoms with E-state index in [1.54, 1.807) is 0 Å². The molecule has 0 spiro atoms. The normalized spacial score (nSPS) is 20.3. The summed E-state index contributed by atoms with van der Waals surface area (Å²) in [6.07, 6.45) is 4.17. The Balaban J connectivity index is 1.60. The number of amides is 1. The lowest BCUT2D eigenvalue weighted by Crippen LogP contribution is -2.64. The van der Waals surface area contributed by atoms with E-state index >= 15 is 0 Å². The van der Waals surface area contributed by atoms with Crippen molar-refractivity contribution in [1.82, 2.24) is 14.4 Å². The van der Waals surface area contributed by atoms with Crippen LogP contribution in [0, 0.1) is 5.92 Å². The van der Waals surface area contributed by atoms with Crippen LogP contribution in [-0.2, 0) is 11.8 Å². The molecule has 5 heteroatoms. The zero-order valence-electron chi connectivity index (χ0n) is 14.6. The van der Waals surface area contributed by atoms with Gasteiger partial charge in [0.15, 0.2) is 0 Å². The highest BCUT2D eigenvalue weighted by Crippen LogP contribution is 2.25. The second kappa shape index (κ2) is 7.05. The maximum atomic E-state index is 12.5. The zero-order valence-corrected chi connectivity index (χ0v) is 14.6. The van der Waals surface area contributed by atoms with Gasteiger partial charge in [-0.1, -0.05) is 13.8 Å². The van der Waals surface area contributed by atoms with Crippen LogP contribution in [-0.4, -0.2) is 65.2 Å². The Hall–Kier alpha value is -1.33. The van der Waals surface area contributed by atoms with E-state index in [-0.39, 0.29) is 5.91 Å². The van der Waals surface area contributed by atoms with Gasteiger partial charge in [0.25, 0.3) is 5.91 Å². The third kappa shape index (κ3) is 3.61. The number of aromatic nitrogens is 1. The molecule has 0 aromatic carbocycles. The first-order valence-electron chi connectivity index (χ1n) is 8.80. The molecule has 1 aromatic rings. The van der Waals surface area contributed by atoms with Crippen molar-refractivity contribution in [2.75, 3.05) is 32.8 Å². The third-order valence-corrected chi connectivity index (χ3v) is 5.02. The third-order valence-electron chi connectivity index (χ3n) is 5.02. The Morgan fingerprint density at radius 3 is 2.57 bits per heavy atom. The molecule has 3 heterocycles. The average molecular weight is 319 g/mol. The topological polar surface area (TPSA) is 37.7 Å². The number of ether oxygens (including phenoxy) is 1. The van der Waals surface area contributed by atoms with E-state index in [2.05, 4.69) is 18.7 Å².